The molecule has 0 radical (unpaired) electrons. The number of carbonyl (C=O) groups excluding carboxylic acids is 2. The predicted molar refractivity (Wildman–Crippen MR) is 81.2 cm³/mol. The van der Waals surface area contributed by atoms with Gasteiger partial charge in [-0.2, -0.15) is 0 Å². The molecule has 7 nitrogen and oxygen atoms in total. The molecule has 0 heterocycles. The summed E-state index contributed by atoms with van der Waals surface area (Å²) < 4.78 is 0. The summed E-state index contributed by atoms with van der Waals surface area (Å²) in [7, 11) is 1.73. The fraction of sp³-hybridized carbons (Fsp3) is 0.400. The van der Waals surface area contributed by atoms with E-state index in [0.29, 0.717) is 19.6 Å². The lowest BCUT2D eigenvalue weighted by molar-refractivity contribution is -0.137. The number of imide groups is 1. The summed E-state index contributed by atoms with van der Waals surface area (Å²) in [5, 5.41) is 13.4. The lowest BCUT2D eigenvalue weighted by atomic mass is 10.2. The summed E-state index contributed by atoms with van der Waals surface area (Å²) in [6.45, 7) is 1.10. The van der Waals surface area contributed by atoms with Gasteiger partial charge < -0.3 is 15.3 Å². The third-order valence-corrected chi connectivity index (χ3v) is 2.98. The zero-order chi connectivity index (χ0) is 16.4. The van der Waals surface area contributed by atoms with Crippen LogP contribution in [0.3, 0.4) is 0 Å². The van der Waals surface area contributed by atoms with Crippen LogP contribution in [-0.2, 0) is 16.1 Å². The van der Waals surface area contributed by atoms with E-state index in [1.807, 2.05) is 30.3 Å². The van der Waals surface area contributed by atoms with Crippen molar-refractivity contribution in [2.45, 2.75) is 19.4 Å². The lowest BCUT2D eigenvalue weighted by Crippen LogP contribution is -2.40. The molecule has 3 N–H and O–H groups in total. The van der Waals surface area contributed by atoms with Crippen molar-refractivity contribution >= 4 is 17.9 Å². The van der Waals surface area contributed by atoms with Gasteiger partial charge in [0.15, 0.2) is 0 Å². The van der Waals surface area contributed by atoms with Crippen LogP contribution in [0.5, 0.6) is 0 Å². The Morgan fingerprint density at radius 1 is 1.09 bits per heavy atom. The van der Waals surface area contributed by atoms with Crippen molar-refractivity contribution in [3.8, 4) is 0 Å². The van der Waals surface area contributed by atoms with Gasteiger partial charge in [-0.15, -0.1) is 0 Å². The second-order valence-corrected chi connectivity index (χ2v) is 4.91. The predicted octanol–water partition coefficient (Wildman–Crippen LogP) is 0.809. The van der Waals surface area contributed by atoms with Crippen LogP contribution in [0.15, 0.2) is 30.3 Å². The van der Waals surface area contributed by atoms with Gasteiger partial charge >= 0.3 is 12.0 Å². The molecule has 0 aromatic heterocycles. The Kier molecular flexibility index (Phi) is 7.63. The zero-order valence-electron chi connectivity index (χ0n) is 12.5. The topological polar surface area (TPSA) is 98.7 Å². The number of nitrogens with one attached hydrogen (secondary N) is 2. The van der Waals surface area contributed by atoms with Crippen molar-refractivity contribution in [3.63, 3.8) is 0 Å². The molecule has 1 aromatic carbocycles. The van der Waals surface area contributed by atoms with Crippen LogP contribution in [0.4, 0.5) is 4.79 Å². The van der Waals surface area contributed by atoms with Gasteiger partial charge in [0.25, 0.3) is 0 Å². The van der Waals surface area contributed by atoms with E-state index in [0.717, 1.165) is 5.56 Å². The molecule has 0 spiro atoms. The zero-order valence-corrected chi connectivity index (χ0v) is 12.5. The Morgan fingerprint density at radius 2 is 1.73 bits per heavy atom. The largest absolute Gasteiger partial charge is 0.481 e. The third-order valence-electron chi connectivity index (χ3n) is 2.98. The quantitative estimate of drug-likeness (QED) is 0.660. The molecule has 0 aliphatic rings. The van der Waals surface area contributed by atoms with E-state index in [1.165, 1.54) is 0 Å². The number of urea groups is 1. The molecule has 0 aliphatic heterocycles. The van der Waals surface area contributed by atoms with Gasteiger partial charge in [0.1, 0.15) is 0 Å². The van der Waals surface area contributed by atoms with Crippen LogP contribution >= 0.6 is 0 Å². The second-order valence-electron chi connectivity index (χ2n) is 4.91. The maximum absolute atomic E-state index is 11.6. The maximum Gasteiger partial charge on any atom is 0.321 e. The summed E-state index contributed by atoms with van der Waals surface area (Å²) in [5.74, 6) is -1.27. The molecule has 0 saturated heterocycles. The first-order valence-electron chi connectivity index (χ1n) is 6.99. The molecule has 0 bridgehead atoms. The highest BCUT2D eigenvalue weighted by molar-refractivity contribution is 5.94. The first-order chi connectivity index (χ1) is 10.5. The van der Waals surface area contributed by atoms with E-state index in [1.54, 1.807) is 11.9 Å². The first kappa shape index (κ1) is 17.6. The SMILES string of the molecule is CN(CCC(=O)O)CCC(=O)NC(=O)NCc1ccccc1. The number of amides is 3. The van der Waals surface area contributed by atoms with Crippen LogP contribution in [0.1, 0.15) is 18.4 Å². The van der Waals surface area contributed by atoms with Gasteiger partial charge in [-0.05, 0) is 12.6 Å². The van der Waals surface area contributed by atoms with Crippen molar-refractivity contribution in [3.05, 3.63) is 35.9 Å². The van der Waals surface area contributed by atoms with E-state index < -0.39 is 17.9 Å². The molecule has 3 amide bonds. The van der Waals surface area contributed by atoms with Gasteiger partial charge in [0.05, 0.1) is 6.42 Å². The summed E-state index contributed by atoms with van der Waals surface area (Å²) in [5.41, 5.74) is 0.943. The molecule has 0 saturated carbocycles. The van der Waals surface area contributed by atoms with Crippen molar-refractivity contribution in [2.24, 2.45) is 0 Å². The van der Waals surface area contributed by atoms with Crippen LogP contribution in [0, 0.1) is 0 Å². The van der Waals surface area contributed by atoms with Crippen LogP contribution in [0.25, 0.3) is 0 Å². The first-order valence-corrected chi connectivity index (χ1v) is 6.99. The highest BCUT2D eigenvalue weighted by atomic mass is 16.4. The minimum atomic E-state index is -0.878. The molecule has 120 valence electrons. The highest BCUT2D eigenvalue weighted by Gasteiger charge is 2.09. The van der Waals surface area contributed by atoms with Gasteiger partial charge in [-0.25, -0.2) is 4.79 Å². The van der Waals surface area contributed by atoms with E-state index in [-0.39, 0.29) is 12.8 Å². The minimum Gasteiger partial charge on any atom is -0.481 e. The number of hydrogen-bond acceptors (Lipinski definition) is 4. The van der Waals surface area contributed by atoms with Gasteiger partial charge in [-0.1, -0.05) is 30.3 Å². The standard InChI is InChI=1S/C15H21N3O4/c1-18(10-8-14(20)21)9-7-13(19)17-15(22)16-11-12-5-3-2-4-6-12/h2-6H,7-11H2,1H3,(H,20,21)(H2,16,17,19,22). The van der Waals surface area contributed by atoms with E-state index >= 15 is 0 Å². The molecule has 1 aromatic rings. The van der Waals surface area contributed by atoms with Crippen molar-refractivity contribution in [1.29, 1.82) is 0 Å². The average molecular weight is 307 g/mol. The molecule has 0 aliphatic carbocycles. The van der Waals surface area contributed by atoms with Crippen LogP contribution < -0.4 is 10.6 Å². The normalized spacial score (nSPS) is 10.3. The molecule has 0 unspecified atom stereocenters. The molecular weight excluding hydrogens is 286 g/mol. The number of rotatable bonds is 8. The molecule has 0 fully saturated rings. The van der Waals surface area contributed by atoms with E-state index in [4.69, 9.17) is 5.11 Å². The summed E-state index contributed by atoms with van der Waals surface area (Å²) in [6, 6.07) is 8.83. The Balaban J connectivity index is 2.18. The maximum atomic E-state index is 11.6. The van der Waals surface area contributed by atoms with Gasteiger partial charge in [-0.3, -0.25) is 14.9 Å². The second kappa shape index (κ2) is 9.51. The minimum absolute atomic E-state index is 0.0235. The number of nitrogens with zero attached hydrogens (tertiary/aromatic N) is 1. The van der Waals surface area contributed by atoms with Crippen LogP contribution in [0.2, 0.25) is 0 Å². The number of carboxylic acids is 1. The fourth-order valence-electron chi connectivity index (χ4n) is 1.70. The molecule has 22 heavy (non-hydrogen) atoms. The summed E-state index contributed by atoms with van der Waals surface area (Å²) in [4.78, 5) is 35.3. The van der Waals surface area contributed by atoms with Crippen molar-refractivity contribution < 1.29 is 19.5 Å². The molecule has 7 heteroatoms. The number of carboxylic acid groups (broad SMARTS) is 1. The lowest BCUT2D eigenvalue weighted by Gasteiger charge is -2.14. The van der Waals surface area contributed by atoms with Crippen molar-refractivity contribution in [1.82, 2.24) is 15.5 Å². The van der Waals surface area contributed by atoms with Gasteiger partial charge in [0, 0.05) is 26.1 Å². The number of aliphatic carboxylic acids is 1. The number of benzene rings is 1. The Labute approximate surface area is 129 Å². The molecule has 0 atom stereocenters. The highest BCUT2D eigenvalue weighted by Crippen LogP contribution is 1.97. The average Bonchev–Trinajstić information content (AvgIpc) is 2.50. The Bertz CT molecular complexity index is 505. The number of hydrogen-bond donors (Lipinski definition) is 3. The number of carbonyl (C=O) groups is 3. The molecular formula is C15H21N3O4. The van der Waals surface area contributed by atoms with Crippen molar-refractivity contribution in [2.75, 3.05) is 20.1 Å². The third kappa shape index (κ3) is 8.01. The Hall–Kier alpha value is -2.41. The fourth-order valence-corrected chi connectivity index (χ4v) is 1.70. The van der Waals surface area contributed by atoms with Crippen LogP contribution in [-0.4, -0.2) is 48.1 Å². The van der Waals surface area contributed by atoms with Gasteiger partial charge in [0.2, 0.25) is 5.91 Å². The Morgan fingerprint density at radius 3 is 2.36 bits per heavy atom. The van der Waals surface area contributed by atoms with E-state index in [2.05, 4.69) is 10.6 Å². The monoisotopic (exact) mass is 307 g/mol. The molecule has 1 rings (SSSR count). The smallest absolute Gasteiger partial charge is 0.321 e. The van der Waals surface area contributed by atoms with E-state index in [9.17, 15) is 14.4 Å². The summed E-state index contributed by atoms with van der Waals surface area (Å²) in [6.07, 6.45) is 0.157. The summed E-state index contributed by atoms with van der Waals surface area (Å²) >= 11 is 0.